The van der Waals surface area contributed by atoms with Crippen LogP contribution in [0, 0.1) is 0 Å². The van der Waals surface area contributed by atoms with Crippen molar-refractivity contribution >= 4 is 40.6 Å². The largest absolute Gasteiger partial charge is 0.323 e. The Morgan fingerprint density at radius 2 is 1.46 bits per heavy atom. The van der Waals surface area contributed by atoms with Crippen molar-refractivity contribution in [3.8, 4) is 11.1 Å². The third-order valence-electron chi connectivity index (χ3n) is 3.44. The monoisotopic (exact) mass is 356 g/mol. The van der Waals surface area contributed by atoms with E-state index in [1.54, 1.807) is 18.2 Å². The lowest BCUT2D eigenvalue weighted by Crippen LogP contribution is -2.19. The molecule has 3 nitrogen and oxygen atoms in total. The van der Waals surface area contributed by atoms with Crippen molar-refractivity contribution in [2.45, 2.75) is 0 Å². The number of hydrogen-bond donors (Lipinski definition) is 2. The summed E-state index contributed by atoms with van der Waals surface area (Å²) in [6.07, 6.45) is 0. The van der Waals surface area contributed by atoms with E-state index >= 15 is 0 Å². The first-order chi connectivity index (χ1) is 11.6. The summed E-state index contributed by atoms with van der Waals surface area (Å²) < 4.78 is 0. The molecular weight excluding hydrogens is 343 g/mol. The Bertz CT molecular complexity index is 866. The Labute approximate surface area is 150 Å². The molecule has 0 aliphatic heterocycles. The van der Waals surface area contributed by atoms with Gasteiger partial charge in [0, 0.05) is 11.3 Å². The lowest BCUT2D eigenvalue weighted by Gasteiger charge is -2.12. The Kier molecular flexibility index (Phi) is 5.04. The molecule has 0 radical (unpaired) electrons. The van der Waals surface area contributed by atoms with Crippen molar-refractivity contribution in [2.24, 2.45) is 0 Å². The lowest BCUT2D eigenvalue weighted by molar-refractivity contribution is 0.262. The van der Waals surface area contributed by atoms with Crippen molar-refractivity contribution in [3.63, 3.8) is 0 Å². The second kappa shape index (κ2) is 7.39. The van der Waals surface area contributed by atoms with E-state index in [4.69, 9.17) is 23.2 Å². The van der Waals surface area contributed by atoms with Gasteiger partial charge in [-0.25, -0.2) is 4.79 Å². The highest BCUT2D eigenvalue weighted by atomic mass is 35.5. The molecule has 0 saturated carbocycles. The quantitative estimate of drug-likeness (QED) is 0.567. The average molecular weight is 357 g/mol. The molecule has 0 aliphatic rings. The molecule has 24 heavy (non-hydrogen) atoms. The Hall–Kier alpha value is -2.49. The van der Waals surface area contributed by atoms with Crippen LogP contribution in [0.1, 0.15) is 0 Å². The van der Waals surface area contributed by atoms with Crippen LogP contribution in [0.5, 0.6) is 0 Å². The number of anilines is 2. The number of carbonyl (C=O) groups is 1. The first kappa shape index (κ1) is 16.4. The fourth-order valence-electron chi connectivity index (χ4n) is 2.32. The summed E-state index contributed by atoms with van der Waals surface area (Å²) in [6.45, 7) is 0. The first-order valence-electron chi connectivity index (χ1n) is 7.31. The number of rotatable bonds is 3. The van der Waals surface area contributed by atoms with Crippen LogP contribution < -0.4 is 10.6 Å². The maximum Gasteiger partial charge on any atom is 0.323 e. The summed E-state index contributed by atoms with van der Waals surface area (Å²) >= 11 is 11.8. The molecule has 0 unspecified atom stereocenters. The van der Waals surface area contributed by atoms with E-state index < -0.39 is 0 Å². The maximum atomic E-state index is 12.3. The van der Waals surface area contributed by atoms with E-state index in [0.29, 0.717) is 15.7 Å². The van der Waals surface area contributed by atoms with Crippen LogP contribution in [0.3, 0.4) is 0 Å². The highest BCUT2D eigenvalue weighted by Crippen LogP contribution is 2.28. The van der Waals surface area contributed by atoms with E-state index in [2.05, 4.69) is 10.6 Å². The minimum Gasteiger partial charge on any atom is -0.308 e. The summed E-state index contributed by atoms with van der Waals surface area (Å²) in [4.78, 5) is 12.3. The lowest BCUT2D eigenvalue weighted by atomic mass is 10.0. The fraction of sp³-hybridized carbons (Fsp3) is 0. The normalized spacial score (nSPS) is 10.2. The molecule has 0 spiro atoms. The predicted octanol–water partition coefficient (Wildman–Crippen LogP) is 6.30. The molecule has 2 N–H and O–H groups in total. The van der Waals surface area contributed by atoms with E-state index in [9.17, 15) is 4.79 Å². The van der Waals surface area contributed by atoms with Crippen molar-refractivity contribution in [2.75, 3.05) is 10.6 Å². The number of amides is 2. The smallest absolute Gasteiger partial charge is 0.308 e. The van der Waals surface area contributed by atoms with Crippen LogP contribution in [-0.4, -0.2) is 6.03 Å². The average Bonchev–Trinajstić information content (AvgIpc) is 2.59. The van der Waals surface area contributed by atoms with Crippen LogP contribution in [-0.2, 0) is 0 Å². The number of carbonyl (C=O) groups excluding carboxylic acids is 1. The van der Waals surface area contributed by atoms with Crippen LogP contribution in [0.4, 0.5) is 16.2 Å². The number of benzene rings is 3. The zero-order valence-corrected chi connectivity index (χ0v) is 14.1. The Morgan fingerprint density at radius 3 is 2.21 bits per heavy atom. The predicted molar refractivity (Wildman–Crippen MR) is 101 cm³/mol. The van der Waals surface area contributed by atoms with Gasteiger partial charge in [0.1, 0.15) is 0 Å². The zero-order valence-electron chi connectivity index (χ0n) is 12.6. The van der Waals surface area contributed by atoms with Crippen molar-refractivity contribution in [1.29, 1.82) is 0 Å². The summed E-state index contributed by atoms with van der Waals surface area (Å²) in [7, 11) is 0. The molecule has 3 aromatic carbocycles. The summed E-state index contributed by atoms with van der Waals surface area (Å²) in [5, 5.41) is 6.44. The number of para-hydroxylation sites is 1. The maximum absolute atomic E-state index is 12.3. The molecule has 3 aromatic rings. The van der Waals surface area contributed by atoms with E-state index in [1.807, 2.05) is 54.6 Å². The molecule has 2 amide bonds. The molecular formula is C19H14Cl2N2O. The van der Waals surface area contributed by atoms with Gasteiger partial charge in [0.2, 0.25) is 0 Å². The minimum atomic E-state index is -0.350. The highest BCUT2D eigenvalue weighted by molar-refractivity contribution is 6.42. The molecule has 0 bridgehead atoms. The molecule has 0 heterocycles. The third kappa shape index (κ3) is 3.88. The van der Waals surface area contributed by atoms with Gasteiger partial charge >= 0.3 is 6.03 Å². The summed E-state index contributed by atoms with van der Waals surface area (Å²) in [5.74, 6) is 0. The highest BCUT2D eigenvalue weighted by Gasteiger charge is 2.09. The second-order valence-electron chi connectivity index (χ2n) is 5.12. The van der Waals surface area contributed by atoms with Gasteiger partial charge in [-0.05, 0) is 29.8 Å². The van der Waals surface area contributed by atoms with Gasteiger partial charge in [0.25, 0.3) is 0 Å². The standard InChI is InChI=1S/C19H14Cl2N2O/c20-16-11-10-14(12-17(16)21)22-19(24)23-18-9-5-4-8-15(18)13-6-2-1-3-7-13/h1-12H,(H2,22,23,24). The van der Waals surface area contributed by atoms with Crippen molar-refractivity contribution in [3.05, 3.63) is 82.8 Å². The van der Waals surface area contributed by atoms with Gasteiger partial charge in [-0.2, -0.15) is 0 Å². The molecule has 0 aromatic heterocycles. The Morgan fingerprint density at radius 1 is 0.750 bits per heavy atom. The van der Waals surface area contributed by atoms with Gasteiger partial charge in [0.05, 0.1) is 15.7 Å². The topological polar surface area (TPSA) is 41.1 Å². The molecule has 0 atom stereocenters. The van der Waals surface area contributed by atoms with Gasteiger partial charge in [0.15, 0.2) is 0 Å². The van der Waals surface area contributed by atoms with E-state index in [-0.39, 0.29) is 6.03 Å². The number of urea groups is 1. The van der Waals surface area contributed by atoms with Crippen LogP contribution >= 0.6 is 23.2 Å². The zero-order chi connectivity index (χ0) is 16.9. The number of hydrogen-bond acceptors (Lipinski definition) is 1. The van der Waals surface area contributed by atoms with Crippen LogP contribution in [0.2, 0.25) is 10.0 Å². The molecule has 0 fully saturated rings. The SMILES string of the molecule is O=C(Nc1ccc(Cl)c(Cl)c1)Nc1ccccc1-c1ccccc1. The summed E-state index contributed by atoms with van der Waals surface area (Å²) in [5.41, 5.74) is 3.27. The van der Waals surface area contributed by atoms with Gasteiger partial charge in [-0.15, -0.1) is 0 Å². The van der Waals surface area contributed by atoms with Gasteiger partial charge in [-0.1, -0.05) is 71.7 Å². The minimum absolute atomic E-state index is 0.350. The van der Waals surface area contributed by atoms with Crippen molar-refractivity contribution in [1.82, 2.24) is 0 Å². The van der Waals surface area contributed by atoms with Gasteiger partial charge < -0.3 is 10.6 Å². The number of halogens is 2. The number of nitrogens with one attached hydrogen (secondary N) is 2. The van der Waals surface area contributed by atoms with Gasteiger partial charge in [-0.3, -0.25) is 0 Å². The Balaban J connectivity index is 1.79. The molecule has 120 valence electrons. The molecule has 0 aliphatic carbocycles. The first-order valence-corrected chi connectivity index (χ1v) is 8.06. The van der Waals surface area contributed by atoms with Crippen LogP contribution in [0.25, 0.3) is 11.1 Å². The van der Waals surface area contributed by atoms with Crippen molar-refractivity contribution < 1.29 is 4.79 Å². The second-order valence-corrected chi connectivity index (χ2v) is 5.93. The van der Waals surface area contributed by atoms with E-state index in [0.717, 1.165) is 16.8 Å². The molecule has 3 rings (SSSR count). The van der Waals surface area contributed by atoms with E-state index in [1.165, 1.54) is 0 Å². The summed E-state index contributed by atoms with van der Waals surface area (Å²) in [6, 6.07) is 22.1. The molecule has 0 saturated heterocycles. The fourth-order valence-corrected chi connectivity index (χ4v) is 2.62. The molecule has 5 heteroatoms. The third-order valence-corrected chi connectivity index (χ3v) is 4.18. The van der Waals surface area contributed by atoms with Crippen LogP contribution in [0.15, 0.2) is 72.8 Å².